The number of hydrogen-bond donors (Lipinski definition) is 1. The van der Waals surface area contributed by atoms with Gasteiger partial charge in [0.2, 0.25) is 5.91 Å². The van der Waals surface area contributed by atoms with E-state index in [1.807, 2.05) is 4.90 Å². The van der Waals surface area contributed by atoms with Gasteiger partial charge in [-0.05, 0) is 66.1 Å². The highest BCUT2D eigenvalue weighted by Gasteiger charge is 2.32. The van der Waals surface area contributed by atoms with Crippen LogP contribution in [0.2, 0.25) is 0 Å². The average molecular weight is 354 g/mol. The van der Waals surface area contributed by atoms with Gasteiger partial charge in [0, 0.05) is 25.2 Å². The summed E-state index contributed by atoms with van der Waals surface area (Å²) >= 11 is 0. The van der Waals surface area contributed by atoms with Gasteiger partial charge in [0.05, 0.1) is 5.92 Å². The number of nitrogens with zero attached hydrogens (tertiary/aromatic N) is 2. The topological polar surface area (TPSA) is 35.6 Å². The summed E-state index contributed by atoms with van der Waals surface area (Å²) in [6.45, 7) is 11.6. The highest BCUT2D eigenvalue weighted by molar-refractivity contribution is 5.85. The Morgan fingerprint density at radius 1 is 1.23 bits per heavy atom. The van der Waals surface area contributed by atoms with Gasteiger partial charge < -0.3 is 10.2 Å². The van der Waals surface area contributed by atoms with Crippen LogP contribution in [0.4, 0.5) is 0 Å². The molecule has 0 aromatic rings. The molecule has 2 aliphatic heterocycles. The van der Waals surface area contributed by atoms with E-state index in [-0.39, 0.29) is 30.7 Å². The van der Waals surface area contributed by atoms with Crippen molar-refractivity contribution < 1.29 is 4.79 Å². The summed E-state index contributed by atoms with van der Waals surface area (Å²) in [7, 11) is 0. The Balaban J connectivity index is 0.00000220. The molecule has 0 aromatic carbocycles. The van der Waals surface area contributed by atoms with Gasteiger partial charge in [-0.3, -0.25) is 9.69 Å². The maximum absolute atomic E-state index is 12.7. The number of likely N-dealkylation sites (tertiary alicyclic amines) is 1. The van der Waals surface area contributed by atoms with E-state index in [4.69, 9.17) is 0 Å². The van der Waals surface area contributed by atoms with Crippen LogP contribution in [0.3, 0.4) is 0 Å². The molecule has 0 bridgehead atoms. The monoisotopic (exact) mass is 353 g/mol. The summed E-state index contributed by atoms with van der Waals surface area (Å²) in [4.78, 5) is 17.3. The highest BCUT2D eigenvalue weighted by atomic mass is 35.5. The summed E-state index contributed by atoms with van der Waals surface area (Å²) in [5.74, 6) is 0.599. The smallest absolute Gasteiger partial charge is 0.227 e. The zero-order chi connectivity index (χ0) is 14.5. The van der Waals surface area contributed by atoms with E-state index in [9.17, 15) is 4.79 Å². The number of piperidine rings is 2. The fourth-order valence-corrected chi connectivity index (χ4v) is 3.72. The van der Waals surface area contributed by atoms with Crippen molar-refractivity contribution in [2.45, 2.75) is 58.5 Å². The van der Waals surface area contributed by atoms with Crippen molar-refractivity contribution in [3.63, 3.8) is 0 Å². The van der Waals surface area contributed by atoms with Crippen LogP contribution in [-0.4, -0.2) is 60.5 Å². The summed E-state index contributed by atoms with van der Waals surface area (Å²) in [5, 5.41) is 3.43. The molecule has 132 valence electrons. The lowest BCUT2D eigenvalue weighted by Gasteiger charge is -2.41. The van der Waals surface area contributed by atoms with Crippen LogP contribution in [0.15, 0.2) is 0 Å². The molecule has 2 heterocycles. The van der Waals surface area contributed by atoms with Crippen LogP contribution >= 0.6 is 24.8 Å². The van der Waals surface area contributed by atoms with Crippen molar-refractivity contribution in [3.05, 3.63) is 0 Å². The van der Waals surface area contributed by atoms with Crippen molar-refractivity contribution in [1.82, 2.24) is 15.1 Å². The van der Waals surface area contributed by atoms with E-state index in [0.29, 0.717) is 18.0 Å². The minimum atomic E-state index is 0. The minimum absolute atomic E-state index is 0. The zero-order valence-electron chi connectivity index (χ0n) is 14.2. The molecule has 1 N–H and O–H groups in total. The number of hydrogen-bond acceptors (Lipinski definition) is 3. The number of halogens is 2. The lowest BCUT2D eigenvalue weighted by Crippen LogP contribution is -2.51. The van der Waals surface area contributed by atoms with Crippen molar-refractivity contribution in [2.24, 2.45) is 5.92 Å². The molecule has 6 heteroatoms. The number of nitrogens with one attached hydrogen (secondary N) is 1. The maximum atomic E-state index is 12.7. The molecule has 1 unspecified atom stereocenters. The largest absolute Gasteiger partial charge is 0.340 e. The third-order valence-corrected chi connectivity index (χ3v) is 4.87. The predicted octanol–water partition coefficient (Wildman–Crippen LogP) is 2.55. The third-order valence-electron chi connectivity index (χ3n) is 4.87. The lowest BCUT2D eigenvalue weighted by molar-refractivity contribution is -0.139. The van der Waals surface area contributed by atoms with Gasteiger partial charge in [0.25, 0.3) is 0 Å². The second-order valence-electron chi connectivity index (χ2n) is 6.53. The fraction of sp³-hybridized carbons (Fsp3) is 0.938. The molecule has 2 rings (SSSR count). The second kappa shape index (κ2) is 10.7. The van der Waals surface area contributed by atoms with E-state index in [1.54, 1.807) is 0 Å². The molecule has 0 saturated carbocycles. The zero-order valence-corrected chi connectivity index (χ0v) is 15.8. The summed E-state index contributed by atoms with van der Waals surface area (Å²) in [5.41, 5.74) is 0. The Morgan fingerprint density at radius 3 is 2.41 bits per heavy atom. The minimum Gasteiger partial charge on any atom is -0.340 e. The number of carbonyl (C=O) groups is 1. The first-order chi connectivity index (χ1) is 9.63. The molecule has 0 aromatic heterocycles. The normalized spacial score (nSPS) is 23.5. The van der Waals surface area contributed by atoms with E-state index in [1.165, 1.54) is 25.8 Å². The Morgan fingerprint density at radius 2 is 1.86 bits per heavy atom. The maximum Gasteiger partial charge on any atom is 0.227 e. The van der Waals surface area contributed by atoms with Crippen molar-refractivity contribution in [1.29, 1.82) is 0 Å². The molecular formula is C16H33Cl2N3O. The van der Waals surface area contributed by atoms with Crippen molar-refractivity contribution in [2.75, 3.05) is 32.7 Å². The molecule has 2 fully saturated rings. The summed E-state index contributed by atoms with van der Waals surface area (Å²) < 4.78 is 0. The van der Waals surface area contributed by atoms with E-state index < -0.39 is 0 Å². The third kappa shape index (κ3) is 5.55. The molecular weight excluding hydrogens is 321 g/mol. The molecule has 1 amide bonds. The SMILES string of the molecule is CCN(C(=O)C1CCCN(C2CCNCC2)C1)C(C)C.Cl.Cl. The van der Waals surface area contributed by atoms with Crippen molar-refractivity contribution >= 4 is 30.7 Å². The molecule has 2 aliphatic rings. The van der Waals surface area contributed by atoms with Crippen LogP contribution in [0.25, 0.3) is 0 Å². The molecule has 1 atom stereocenters. The number of amides is 1. The predicted molar refractivity (Wildman–Crippen MR) is 97.2 cm³/mol. The van der Waals surface area contributed by atoms with Crippen LogP contribution < -0.4 is 5.32 Å². The second-order valence-corrected chi connectivity index (χ2v) is 6.53. The van der Waals surface area contributed by atoms with Gasteiger partial charge in [0.1, 0.15) is 0 Å². The first kappa shape index (κ1) is 22.0. The number of carbonyl (C=O) groups excluding carboxylic acids is 1. The number of rotatable bonds is 4. The van der Waals surface area contributed by atoms with Gasteiger partial charge in [-0.2, -0.15) is 0 Å². The van der Waals surface area contributed by atoms with Crippen LogP contribution in [0.1, 0.15) is 46.5 Å². The van der Waals surface area contributed by atoms with E-state index in [2.05, 4.69) is 31.0 Å². The highest BCUT2D eigenvalue weighted by Crippen LogP contribution is 2.24. The molecule has 22 heavy (non-hydrogen) atoms. The van der Waals surface area contributed by atoms with Crippen LogP contribution in [0, 0.1) is 5.92 Å². The fourth-order valence-electron chi connectivity index (χ4n) is 3.72. The van der Waals surface area contributed by atoms with E-state index >= 15 is 0 Å². The standard InChI is InChI=1S/C16H31N3O.2ClH/c1-4-19(13(2)3)16(20)14-6-5-11-18(12-14)15-7-9-17-10-8-15;;/h13-15,17H,4-12H2,1-3H3;2*1H. The molecule has 2 saturated heterocycles. The first-order valence-electron chi connectivity index (χ1n) is 8.38. The van der Waals surface area contributed by atoms with Gasteiger partial charge in [-0.1, -0.05) is 0 Å². The quantitative estimate of drug-likeness (QED) is 0.843. The Bertz CT molecular complexity index is 323. The first-order valence-corrected chi connectivity index (χ1v) is 8.38. The average Bonchev–Trinajstić information content (AvgIpc) is 2.48. The lowest BCUT2D eigenvalue weighted by atomic mass is 9.93. The van der Waals surface area contributed by atoms with Crippen LogP contribution in [0.5, 0.6) is 0 Å². The molecule has 0 radical (unpaired) electrons. The Kier molecular flexibility index (Phi) is 10.7. The van der Waals surface area contributed by atoms with Gasteiger partial charge >= 0.3 is 0 Å². The Labute approximate surface area is 148 Å². The summed E-state index contributed by atoms with van der Waals surface area (Å²) in [6.07, 6.45) is 4.73. The van der Waals surface area contributed by atoms with E-state index in [0.717, 1.165) is 32.6 Å². The van der Waals surface area contributed by atoms with Crippen molar-refractivity contribution in [3.8, 4) is 0 Å². The van der Waals surface area contributed by atoms with Gasteiger partial charge in [-0.15, -0.1) is 24.8 Å². The summed E-state index contributed by atoms with van der Waals surface area (Å²) in [6, 6.07) is 1.02. The molecule has 0 spiro atoms. The van der Waals surface area contributed by atoms with Gasteiger partial charge in [-0.25, -0.2) is 0 Å². The Hall–Kier alpha value is -0.0300. The molecule has 4 nitrogen and oxygen atoms in total. The van der Waals surface area contributed by atoms with Crippen LogP contribution in [-0.2, 0) is 4.79 Å². The van der Waals surface area contributed by atoms with Gasteiger partial charge in [0.15, 0.2) is 0 Å². The molecule has 0 aliphatic carbocycles.